The molecule has 0 aliphatic heterocycles. The fourth-order valence-electron chi connectivity index (χ4n) is 2.18. The SMILES string of the molecule is Clc1c(Br)ccc(SCC2CCCCC2)c1Cl. The van der Waals surface area contributed by atoms with E-state index in [9.17, 15) is 0 Å². The highest BCUT2D eigenvalue weighted by molar-refractivity contribution is 9.10. The van der Waals surface area contributed by atoms with Crippen LogP contribution in [0.4, 0.5) is 0 Å². The number of rotatable bonds is 3. The lowest BCUT2D eigenvalue weighted by atomic mass is 9.91. The van der Waals surface area contributed by atoms with E-state index in [4.69, 9.17) is 23.2 Å². The summed E-state index contributed by atoms with van der Waals surface area (Å²) in [7, 11) is 0. The Morgan fingerprint density at radius 3 is 2.53 bits per heavy atom. The van der Waals surface area contributed by atoms with Gasteiger partial charge in [0.05, 0.1) is 10.0 Å². The van der Waals surface area contributed by atoms with E-state index in [1.165, 1.54) is 32.1 Å². The molecule has 0 bridgehead atoms. The van der Waals surface area contributed by atoms with Crippen LogP contribution in [0, 0.1) is 5.92 Å². The van der Waals surface area contributed by atoms with Gasteiger partial charge in [0.1, 0.15) is 0 Å². The highest BCUT2D eigenvalue weighted by atomic mass is 79.9. The minimum Gasteiger partial charge on any atom is -0.124 e. The fourth-order valence-corrected chi connectivity index (χ4v) is 4.32. The Labute approximate surface area is 126 Å². The van der Waals surface area contributed by atoms with Crippen molar-refractivity contribution in [1.82, 2.24) is 0 Å². The van der Waals surface area contributed by atoms with Crippen molar-refractivity contribution >= 4 is 50.9 Å². The summed E-state index contributed by atoms with van der Waals surface area (Å²) >= 11 is 17.6. The molecule has 0 atom stereocenters. The van der Waals surface area contributed by atoms with Gasteiger partial charge < -0.3 is 0 Å². The molecule has 1 aromatic rings. The highest BCUT2D eigenvalue weighted by Gasteiger charge is 2.15. The topological polar surface area (TPSA) is 0 Å². The van der Waals surface area contributed by atoms with Crippen LogP contribution in [0.3, 0.4) is 0 Å². The van der Waals surface area contributed by atoms with E-state index < -0.39 is 0 Å². The summed E-state index contributed by atoms with van der Waals surface area (Å²) in [5.41, 5.74) is 0. The number of halogens is 3. The quantitative estimate of drug-likeness (QED) is 0.445. The molecule has 0 aromatic heterocycles. The zero-order chi connectivity index (χ0) is 12.3. The van der Waals surface area contributed by atoms with E-state index in [1.54, 1.807) is 0 Å². The minimum atomic E-state index is 0.625. The zero-order valence-corrected chi connectivity index (χ0v) is 13.4. The van der Waals surface area contributed by atoms with Crippen molar-refractivity contribution in [1.29, 1.82) is 0 Å². The maximum Gasteiger partial charge on any atom is 0.0745 e. The largest absolute Gasteiger partial charge is 0.124 e. The van der Waals surface area contributed by atoms with Crippen LogP contribution in [-0.4, -0.2) is 5.75 Å². The predicted octanol–water partition coefficient (Wildman–Crippen LogP) is 6.43. The molecule has 0 amide bonds. The molecule has 0 nitrogen and oxygen atoms in total. The predicted molar refractivity (Wildman–Crippen MR) is 81.5 cm³/mol. The Hall–Kier alpha value is 0.630. The number of hydrogen-bond acceptors (Lipinski definition) is 1. The second-order valence-corrected chi connectivity index (χ2v) is 7.16. The lowest BCUT2D eigenvalue weighted by Gasteiger charge is -2.21. The Bertz CT molecular complexity index is 389. The Morgan fingerprint density at radius 2 is 1.82 bits per heavy atom. The summed E-state index contributed by atoms with van der Waals surface area (Å²) in [5, 5.41) is 1.31. The van der Waals surface area contributed by atoms with Crippen LogP contribution in [0.5, 0.6) is 0 Å². The zero-order valence-electron chi connectivity index (χ0n) is 9.52. The molecule has 0 N–H and O–H groups in total. The first-order chi connectivity index (χ1) is 8.18. The Balaban J connectivity index is 1.96. The second kappa shape index (κ2) is 6.70. The van der Waals surface area contributed by atoms with E-state index in [0.29, 0.717) is 10.0 Å². The van der Waals surface area contributed by atoms with Gasteiger partial charge in [-0.15, -0.1) is 11.8 Å². The van der Waals surface area contributed by atoms with Gasteiger partial charge in [-0.3, -0.25) is 0 Å². The van der Waals surface area contributed by atoms with Gasteiger partial charge in [-0.25, -0.2) is 0 Å². The van der Waals surface area contributed by atoms with E-state index in [-0.39, 0.29) is 0 Å². The third-order valence-electron chi connectivity index (χ3n) is 3.20. The second-order valence-electron chi connectivity index (χ2n) is 4.49. The molecular weight excluding hydrogens is 339 g/mol. The monoisotopic (exact) mass is 352 g/mol. The molecule has 94 valence electrons. The van der Waals surface area contributed by atoms with E-state index in [2.05, 4.69) is 15.9 Å². The van der Waals surface area contributed by atoms with E-state index >= 15 is 0 Å². The van der Waals surface area contributed by atoms with Crippen molar-refractivity contribution in [2.45, 2.75) is 37.0 Å². The summed E-state index contributed by atoms with van der Waals surface area (Å²) in [4.78, 5) is 1.10. The fraction of sp³-hybridized carbons (Fsp3) is 0.538. The molecule has 1 fully saturated rings. The van der Waals surface area contributed by atoms with Crippen molar-refractivity contribution in [3.63, 3.8) is 0 Å². The summed E-state index contributed by atoms with van der Waals surface area (Å²) in [6.45, 7) is 0. The van der Waals surface area contributed by atoms with E-state index in [0.717, 1.165) is 21.0 Å². The summed E-state index contributed by atoms with van der Waals surface area (Å²) in [6.07, 6.45) is 6.93. The van der Waals surface area contributed by atoms with Crippen molar-refractivity contribution in [3.05, 3.63) is 26.7 Å². The molecule has 1 aromatic carbocycles. The van der Waals surface area contributed by atoms with E-state index in [1.807, 2.05) is 23.9 Å². The third kappa shape index (κ3) is 3.79. The van der Waals surface area contributed by atoms with Crippen molar-refractivity contribution in [2.75, 3.05) is 5.75 Å². The molecule has 1 aliphatic rings. The molecule has 1 saturated carbocycles. The molecule has 0 unspecified atom stereocenters. The minimum absolute atomic E-state index is 0.625. The summed E-state index contributed by atoms with van der Waals surface area (Å²) in [5.74, 6) is 2.02. The van der Waals surface area contributed by atoms with Crippen LogP contribution < -0.4 is 0 Å². The number of benzene rings is 1. The standard InChI is InChI=1S/C13H15BrCl2S/c14-10-6-7-11(13(16)12(10)15)17-8-9-4-2-1-3-5-9/h6-7,9H,1-5,8H2. The lowest BCUT2D eigenvalue weighted by molar-refractivity contribution is 0.391. The molecule has 2 rings (SSSR count). The maximum absolute atomic E-state index is 6.23. The van der Waals surface area contributed by atoms with Gasteiger partial charge in [-0.1, -0.05) is 42.5 Å². The van der Waals surface area contributed by atoms with Gasteiger partial charge in [0, 0.05) is 15.1 Å². The van der Waals surface area contributed by atoms with Crippen LogP contribution in [0.1, 0.15) is 32.1 Å². The van der Waals surface area contributed by atoms with Crippen LogP contribution in [0.2, 0.25) is 10.0 Å². The molecule has 0 saturated heterocycles. The molecular formula is C13H15BrCl2S. The van der Waals surface area contributed by atoms with Gasteiger partial charge in [0.2, 0.25) is 0 Å². The first kappa shape index (κ1) is 14.0. The molecule has 0 spiro atoms. The first-order valence-corrected chi connectivity index (χ1v) is 8.48. The maximum atomic E-state index is 6.23. The van der Waals surface area contributed by atoms with Crippen molar-refractivity contribution < 1.29 is 0 Å². The third-order valence-corrected chi connectivity index (χ3v) is 6.37. The van der Waals surface area contributed by atoms with Crippen LogP contribution in [-0.2, 0) is 0 Å². The van der Waals surface area contributed by atoms with Crippen LogP contribution in [0.25, 0.3) is 0 Å². The van der Waals surface area contributed by atoms with Crippen LogP contribution in [0.15, 0.2) is 21.5 Å². The van der Waals surface area contributed by atoms with Gasteiger partial charge in [-0.2, -0.15) is 0 Å². The van der Waals surface area contributed by atoms with Gasteiger partial charge >= 0.3 is 0 Å². The number of thioether (sulfide) groups is 1. The summed E-state index contributed by atoms with van der Waals surface area (Å²) < 4.78 is 0.867. The normalized spacial score (nSPS) is 17.4. The Kier molecular flexibility index (Phi) is 5.53. The van der Waals surface area contributed by atoms with Crippen molar-refractivity contribution in [3.8, 4) is 0 Å². The smallest absolute Gasteiger partial charge is 0.0745 e. The van der Waals surface area contributed by atoms with Gasteiger partial charge in [0.15, 0.2) is 0 Å². The lowest BCUT2D eigenvalue weighted by Crippen LogP contribution is -2.08. The molecule has 4 heteroatoms. The average molecular weight is 354 g/mol. The van der Waals surface area contributed by atoms with Gasteiger partial charge in [0.25, 0.3) is 0 Å². The van der Waals surface area contributed by atoms with Gasteiger partial charge in [-0.05, 0) is 46.8 Å². The molecule has 1 aliphatic carbocycles. The molecule has 0 heterocycles. The highest BCUT2D eigenvalue weighted by Crippen LogP contribution is 2.39. The average Bonchev–Trinajstić information content (AvgIpc) is 2.36. The van der Waals surface area contributed by atoms with Crippen LogP contribution >= 0.6 is 50.9 Å². The summed E-state index contributed by atoms with van der Waals surface area (Å²) in [6, 6.07) is 4.02. The molecule has 17 heavy (non-hydrogen) atoms. The van der Waals surface area contributed by atoms with Crippen molar-refractivity contribution in [2.24, 2.45) is 5.92 Å². The number of hydrogen-bond donors (Lipinski definition) is 0. The first-order valence-electron chi connectivity index (χ1n) is 5.95. The molecule has 0 radical (unpaired) electrons. The Morgan fingerprint density at radius 1 is 1.12 bits per heavy atom.